The van der Waals surface area contributed by atoms with Crippen LogP contribution in [0.15, 0.2) is 27.6 Å². The highest BCUT2D eigenvalue weighted by Crippen LogP contribution is 2.20. The van der Waals surface area contributed by atoms with Crippen molar-refractivity contribution < 1.29 is 8.42 Å². The number of aryl methyl sites for hydroxylation is 1. The summed E-state index contributed by atoms with van der Waals surface area (Å²) in [6, 6.07) is 6.48. The molecule has 0 aromatic heterocycles. The monoisotopic (exact) mass is 330 g/mol. The van der Waals surface area contributed by atoms with Gasteiger partial charge in [-0.15, -0.1) is 0 Å². The van der Waals surface area contributed by atoms with E-state index in [1.165, 1.54) is 0 Å². The molecule has 1 atom stereocenters. The Morgan fingerprint density at radius 3 is 2.67 bits per heavy atom. The summed E-state index contributed by atoms with van der Waals surface area (Å²) in [5.74, 6) is 0. The number of nitrogens with zero attached hydrogens (tertiary/aromatic N) is 1. The van der Waals surface area contributed by atoms with Crippen molar-refractivity contribution in [3.8, 4) is 6.07 Å². The van der Waals surface area contributed by atoms with Gasteiger partial charge >= 0.3 is 0 Å². The lowest BCUT2D eigenvalue weighted by atomic mass is 10.2. The summed E-state index contributed by atoms with van der Waals surface area (Å²) in [6.07, 6.45) is 0.757. The van der Waals surface area contributed by atoms with E-state index in [0.29, 0.717) is 6.42 Å². The Morgan fingerprint density at radius 2 is 2.17 bits per heavy atom. The van der Waals surface area contributed by atoms with Crippen LogP contribution in [0.2, 0.25) is 0 Å². The number of halogens is 1. The number of rotatable bonds is 5. The lowest BCUT2D eigenvalue weighted by Crippen LogP contribution is -2.34. The Morgan fingerprint density at radius 1 is 1.50 bits per heavy atom. The normalized spacial score (nSPS) is 13.0. The van der Waals surface area contributed by atoms with Crippen molar-refractivity contribution >= 4 is 26.0 Å². The third-order valence-corrected chi connectivity index (χ3v) is 5.00. The molecular formula is C12H15BrN2O2S. The minimum Gasteiger partial charge on any atom is -0.207 e. The van der Waals surface area contributed by atoms with Crippen molar-refractivity contribution in [2.45, 2.75) is 37.6 Å². The highest BCUT2D eigenvalue weighted by atomic mass is 79.9. The number of hydrogen-bond acceptors (Lipinski definition) is 3. The smallest absolute Gasteiger partial charge is 0.207 e. The first-order chi connectivity index (χ1) is 8.40. The van der Waals surface area contributed by atoms with Gasteiger partial charge in [-0.05, 0) is 37.1 Å². The van der Waals surface area contributed by atoms with E-state index in [0.717, 1.165) is 10.0 Å². The molecule has 0 saturated carbocycles. The molecule has 0 aliphatic heterocycles. The van der Waals surface area contributed by atoms with E-state index < -0.39 is 10.0 Å². The van der Waals surface area contributed by atoms with Gasteiger partial charge in [0.25, 0.3) is 0 Å². The van der Waals surface area contributed by atoms with E-state index in [1.54, 1.807) is 18.2 Å². The number of hydrogen-bond donors (Lipinski definition) is 1. The van der Waals surface area contributed by atoms with Crippen molar-refractivity contribution in [3.63, 3.8) is 0 Å². The van der Waals surface area contributed by atoms with E-state index in [-0.39, 0.29) is 17.4 Å². The summed E-state index contributed by atoms with van der Waals surface area (Å²) < 4.78 is 27.6. The topological polar surface area (TPSA) is 70.0 Å². The van der Waals surface area contributed by atoms with E-state index in [4.69, 9.17) is 5.26 Å². The second-order valence-corrected chi connectivity index (χ2v) is 6.57. The zero-order valence-electron chi connectivity index (χ0n) is 10.3. The summed E-state index contributed by atoms with van der Waals surface area (Å²) in [6.45, 7) is 3.67. The summed E-state index contributed by atoms with van der Waals surface area (Å²) in [7, 11) is -3.55. The molecule has 0 fully saturated rings. The molecule has 1 rings (SSSR count). The van der Waals surface area contributed by atoms with Gasteiger partial charge in [0.05, 0.1) is 17.4 Å². The molecule has 0 amide bonds. The molecule has 0 saturated heterocycles. The van der Waals surface area contributed by atoms with Crippen molar-refractivity contribution in [2.75, 3.05) is 0 Å². The van der Waals surface area contributed by atoms with Crippen LogP contribution in [0.25, 0.3) is 0 Å². The standard InChI is InChI=1S/C12H15BrN2O2S/c1-3-10(6-7-14)15-18(16,17)11-4-5-12(13)9(2)8-11/h4-5,8,10,15H,3,6H2,1-2H3. The Labute approximate surface area is 116 Å². The maximum atomic E-state index is 12.1. The molecule has 0 aliphatic rings. The quantitative estimate of drug-likeness (QED) is 0.902. The maximum absolute atomic E-state index is 12.1. The van der Waals surface area contributed by atoms with Crippen LogP contribution in [0.3, 0.4) is 0 Å². The third-order valence-electron chi connectivity index (χ3n) is 2.59. The second kappa shape index (κ2) is 6.32. The summed E-state index contributed by atoms with van der Waals surface area (Å²) >= 11 is 3.33. The first kappa shape index (κ1) is 15.2. The number of benzene rings is 1. The van der Waals surface area contributed by atoms with Gasteiger partial charge in [0.1, 0.15) is 0 Å². The molecule has 18 heavy (non-hydrogen) atoms. The predicted molar refractivity (Wildman–Crippen MR) is 73.5 cm³/mol. The second-order valence-electron chi connectivity index (χ2n) is 4.00. The first-order valence-corrected chi connectivity index (χ1v) is 7.83. The van der Waals surface area contributed by atoms with Crippen molar-refractivity contribution in [1.29, 1.82) is 5.26 Å². The van der Waals surface area contributed by atoms with Gasteiger partial charge in [-0.2, -0.15) is 5.26 Å². The molecule has 0 spiro atoms. The molecule has 98 valence electrons. The molecular weight excluding hydrogens is 316 g/mol. The minimum atomic E-state index is -3.55. The van der Waals surface area contributed by atoms with Gasteiger partial charge < -0.3 is 0 Å². The molecule has 0 radical (unpaired) electrons. The summed E-state index contributed by atoms with van der Waals surface area (Å²) in [5, 5.41) is 8.62. The third kappa shape index (κ3) is 3.80. The maximum Gasteiger partial charge on any atom is 0.240 e. The molecule has 1 N–H and O–H groups in total. The fourth-order valence-electron chi connectivity index (χ4n) is 1.45. The Kier molecular flexibility index (Phi) is 5.32. The van der Waals surface area contributed by atoms with E-state index in [1.807, 2.05) is 19.9 Å². The fraction of sp³-hybridized carbons (Fsp3) is 0.417. The number of nitrogens with one attached hydrogen (secondary N) is 1. The van der Waals surface area contributed by atoms with Crippen molar-refractivity contribution in [3.05, 3.63) is 28.2 Å². The predicted octanol–water partition coefficient (Wildman–Crippen LogP) is 2.73. The van der Waals surface area contributed by atoms with E-state index >= 15 is 0 Å². The average Bonchev–Trinajstić information content (AvgIpc) is 2.31. The lowest BCUT2D eigenvalue weighted by molar-refractivity contribution is 0.543. The molecule has 1 aromatic carbocycles. The SMILES string of the molecule is CCC(CC#N)NS(=O)(=O)c1ccc(Br)c(C)c1. The Balaban J connectivity index is 2.99. The van der Waals surface area contributed by atoms with Gasteiger partial charge in [0.2, 0.25) is 10.0 Å². The zero-order chi connectivity index (χ0) is 13.8. The molecule has 0 heterocycles. The molecule has 4 nitrogen and oxygen atoms in total. The first-order valence-electron chi connectivity index (χ1n) is 5.56. The largest absolute Gasteiger partial charge is 0.240 e. The minimum absolute atomic E-state index is 0.172. The van der Waals surface area contributed by atoms with Crippen LogP contribution in [-0.4, -0.2) is 14.5 Å². The van der Waals surface area contributed by atoms with Crippen LogP contribution < -0.4 is 4.72 Å². The fourth-order valence-corrected chi connectivity index (χ4v) is 3.10. The Hall–Kier alpha value is -0.900. The number of nitriles is 1. The van der Waals surface area contributed by atoms with Gasteiger partial charge in [0.15, 0.2) is 0 Å². The van der Waals surface area contributed by atoms with Crippen LogP contribution in [0.4, 0.5) is 0 Å². The van der Waals surface area contributed by atoms with Gasteiger partial charge in [-0.3, -0.25) is 0 Å². The highest BCUT2D eigenvalue weighted by Gasteiger charge is 2.19. The highest BCUT2D eigenvalue weighted by molar-refractivity contribution is 9.10. The van der Waals surface area contributed by atoms with Crippen LogP contribution in [0, 0.1) is 18.3 Å². The van der Waals surface area contributed by atoms with E-state index in [2.05, 4.69) is 20.7 Å². The number of sulfonamides is 1. The van der Waals surface area contributed by atoms with Crippen LogP contribution >= 0.6 is 15.9 Å². The van der Waals surface area contributed by atoms with Crippen LogP contribution in [0.1, 0.15) is 25.3 Å². The molecule has 6 heteroatoms. The average molecular weight is 331 g/mol. The van der Waals surface area contributed by atoms with Crippen LogP contribution in [0.5, 0.6) is 0 Å². The lowest BCUT2D eigenvalue weighted by Gasteiger charge is -2.14. The van der Waals surface area contributed by atoms with Crippen LogP contribution in [-0.2, 0) is 10.0 Å². The summed E-state index contributed by atoms with van der Waals surface area (Å²) in [5.41, 5.74) is 0.853. The zero-order valence-corrected chi connectivity index (χ0v) is 12.7. The van der Waals surface area contributed by atoms with Gasteiger partial charge in [0, 0.05) is 10.5 Å². The molecule has 1 unspecified atom stereocenters. The van der Waals surface area contributed by atoms with Gasteiger partial charge in [-0.1, -0.05) is 22.9 Å². The van der Waals surface area contributed by atoms with Crippen molar-refractivity contribution in [1.82, 2.24) is 4.72 Å². The molecule has 0 bridgehead atoms. The van der Waals surface area contributed by atoms with Gasteiger partial charge in [-0.25, -0.2) is 13.1 Å². The summed E-state index contributed by atoms with van der Waals surface area (Å²) in [4.78, 5) is 0.222. The Bertz CT molecular complexity index is 564. The molecule has 1 aromatic rings. The molecule has 0 aliphatic carbocycles. The van der Waals surface area contributed by atoms with Crippen molar-refractivity contribution in [2.24, 2.45) is 0 Å². The van der Waals surface area contributed by atoms with E-state index in [9.17, 15) is 8.42 Å².